The molecule has 0 unspecified atom stereocenters. The van der Waals surface area contributed by atoms with Crippen LogP contribution in [-0.4, -0.2) is 32.8 Å². The standard InChI is InChI=1S/C22H17ClFN5O2/c1-11-16(23)4-12(6-25-11)14-5-19-22(29-10-27-28-21(14)29)26-7-15-17(24)2-3-18-20(15)13(8-30-18)9-31-19/h2-6,10,13,26H,7-9H2,1H3/t13-/m1/s1. The lowest BCUT2D eigenvalue weighted by Gasteiger charge is -2.16. The molecule has 2 aliphatic rings. The minimum absolute atomic E-state index is 0.0519. The van der Waals surface area contributed by atoms with Crippen molar-refractivity contribution in [2.75, 3.05) is 18.5 Å². The van der Waals surface area contributed by atoms with Gasteiger partial charge in [0.2, 0.25) is 0 Å². The maximum atomic E-state index is 14.7. The Balaban J connectivity index is 1.52. The monoisotopic (exact) mass is 437 g/mol. The molecule has 0 saturated carbocycles. The zero-order chi connectivity index (χ0) is 21.1. The van der Waals surface area contributed by atoms with Crippen molar-refractivity contribution >= 4 is 23.1 Å². The largest absolute Gasteiger partial charge is 0.493 e. The van der Waals surface area contributed by atoms with Crippen LogP contribution in [0.25, 0.3) is 16.8 Å². The molecule has 4 aromatic rings. The molecule has 7 nitrogen and oxygen atoms in total. The van der Waals surface area contributed by atoms with Gasteiger partial charge in [-0.05, 0) is 31.2 Å². The highest BCUT2D eigenvalue weighted by Crippen LogP contribution is 2.42. The number of ether oxygens (including phenoxy) is 2. The SMILES string of the molecule is Cc1ncc(-c2cc3c(n4cnnc24)NCc2c(F)ccc4c2[C@H](CO4)CO3)cc1Cl. The summed E-state index contributed by atoms with van der Waals surface area (Å²) in [6, 6.07) is 6.89. The minimum atomic E-state index is -0.262. The summed E-state index contributed by atoms with van der Waals surface area (Å²) in [5.41, 5.74) is 4.43. The Bertz CT molecular complexity index is 1360. The van der Waals surface area contributed by atoms with Crippen LogP contribution in [0.3, 0.4) is 0 Å². The molecule has 0 amide bonds. The van der Waals surface area contributed by atoms with Gasteiger partial charge in [-0.1, -0.05) is 11.6 Å². The number of nitrogens with one attached hydrogen (secondary N) is 1. The second-order valence-corrected chi connectivity index (χ2v) is 8.10. The third kappa shape index (κ3) is 2.82. The van der Waals surface area contributed by atoms with Crippen LogP contribution in [0, 0.1) is 12.7 Å². The maximum absolute atomic E-state index is 14.7. The molecular weight excluding hydrogens is 421 g/mol. The van der Waals surface area contributed by atoms with Gasteiger partial charge < -0.3 is 14.8 Å². The number of aromatic nitrogens is 4. The summed E-state index contributed by atoms with van der Waals surface area (Å²) < 4.78 is 28.5. The van der Waals surface area contributed by atoms with E-state index in [0.29, 0.717) is 46.8 Å². The number of hydrogen-bond acceptors (Lipinski definition) is 6. The van der Waals surface area contributed by atoms with Gasteiger partial charge in [-0.2, -0.15) is 0 Å². The molecule has 3 aromatic heterocycles. The van der Waals surface area contributed by atoms with E-state index in [1.165, 1.54) is 6.07 Å². The molecule has 0 aliphatic carbocycles. The zero-order valence-electron chi connectivity index (χ0n) is 16.5. The topological polar surface area (TPSA) is 73.6 Å². The molecule has 0 spiro atoms. The summed E-state index contributed by atoms with van der Waals surface area (Å²) in [5.74, 6) is 1.67. The number of benzene rings is 1. The summed E-state index contributed by atoms with van der Waals surface area (Å²) in [6.07, 6.45) is 3.36. The first-order valence-electron chi connectivity index (χ1n) is 9.90. The third-order valence-corrected chi connectivity index (χ3v) is 6.24. The summed E-state index contributed by atoms with van der Waals surface area (Å²) in [6.45, 7) is 2.96. The van der Waals surface area contributed by atoms with E-state index < -0.39 is 0 Å². The fraction of sp³-hybridized carbons (Fsp3) is 0.227. The first-order valence-corrected chi connectivity index (χ1v) is 10.3. The van der Waals surface area contributed by atoms with Crippen LogP contribution in [0.5, 0.6) is 11.5 Å². The first-order chi connectivity index (χ1) is 15.1. The van der Waals surface area contributed by atoms with Gasteiger partial charge in [0.25, 0.3) is 0 Å². The lowest BCUT2D eigenvalue weighted by Crippen LogP contribution is -2.13. The van der Waals surface area contributed by atoms with Crippen molar-refractivity contribution in [3.05, 3.63) is 64.5 Å². The van der Waals surface area contributed by atoms with E-state index in [1.807, 2.05) is 23.5 Å². The fourth-order valence-electron chi connectivity index (χ4n) is 4.25. The Morgan fingerprint density at radius 1 is 1.19 bits per heavy atom. The van der Waals surface area contributed by atoms with Crippen LogP contribution < -0.4 is 14.8 Å². The van der Waals surface area contributed by atoms with Crippen LogP contribution in [-0.2, 0) is 6.54 Å². The molecule has 5 heterocycles. The van der Waals surface area contributed by atoms with Gasteiger partial charge in [-0.25, -0.2) is 4.39 Å². The molecule has 9 heteroatoms. The number of aryl methyl sites for hydroxylation is 1. The fourth-order valence-corrected chi connectivity index (χ4v) is 4.42. The predicted molar refractivity (Wildman–Crippen MR) is 113 cm³/mol. The van der Waals surface area contributed by atoms with Gasteiger partial charge in [0.1, 0.15) is 17.9 Å². The molecule has 0 radical (unpaired) electrons. The summed E-state index contributed by atoms with van der Waals surface area (Å²) in [7, 11) is 0. The molecule has 0 saturated heterocycles. The Kier molecular flexibility index (Phi) is 4.04. The number of fused-ring (bicyclic) bond motifs is 3. The molecule has 2 aliphatic heterocycles. The van der Waals surface area contributed by atoms with Crippen molar-refractivity contribution in [2.24, 2.45) is 0 Å². The van der Waals surface area contributed by atoms with Crippen LogP contribution in [0.15, 0.2) is 36.8 Å². The molecule has 31 heavy (non-hydrogen) atoms. The number of rotatable bonds is 1. The van der Waals surface area contributed by atoms with Crippen LogP contribution in [0.1, 0.15) is 22.7 Å². The number of hydrogen-bond donors (Lipinski definition) is 1. The van der Waals surface area contributed by atoms with E-state index in [4.69, 9.17) is 21.1 Å². The van der Waals surface area contributed by atoms with Gasteiger partial charge in [0.15, 0.2) is 17.2 Å². The van der Waals surface area contributed by atoms with Crippen molar-refractivity contribution < 1.29 is 13.9 Å². The Hall–Kier alpha value is -3.39. The van der Waals surface area contributed by atoms with Gasteiger partial charge in [-0.3, -0.25) is 9.38 Å². The van der Waals surface area contributed by atoms with E-state index in [0.717, 1.165) is 22.4 Å². The smallest absolute Gasteiger partial charge is 0.170 e. The molecule has 156 valence electrons. The van der Waals surface area contributed by atoms with Crippen molar-refractivity contribution in [3.8, 4) is 22.6 Å². The summed E-state index contributed by atoms with van der Waals surface area (Å²) >= 11 is 6.31. The lowest BCUT2D eigenvalue weighted by atomic mass is 9.96. The van der Waals surface area contributed by atoms with Gasteiger partial charge in [-0.15, -0.1) is 10.2 Å². The highest BCUT2D eigenvalue weighted by atomic mass is 35.5. The Morgan fingerprint density at radius 3 is 2.87 bits per heavy atom. The van der Waals surface area contributed by atoms with E-state index in [2.05, 4.69) is 20.5 Å². The number of nitrogens with zero attached hydrogens (tertiary/aromatic N) is 4. The molecule has 1 aromatic carbocycles. The summed E-state index contributed by atoms with van der Waals surface area (Å²) in [5, 5.41) is 12.3. The average Bonchev–Trinajstić information content (AvgIpc) is 3.41. The predicted octanol–water partition coefficient (Wildman–Crippen LogP) is 4.37. The number of anilines is 1. The Labute approximate surface area is 181 Å². The van der Waals surface area contributed by atoms with Gasteiger partial charge in [0, 0.05) is 35.0 Å². The third-order valence-electron chi connectivity index (χ3n) is 5.86. The normalized spacial score (nSPS) is 16.9. The highest BCUT2D eigenvalue weighted by molar-refractivity contribution is 6.31. The second-order valence-electron chi connectivity index (χ2n) is 7.70. The zero-order valence-corrected chi connectivity index (χ0v) is 17.3. The van der Waals surface area contributed by atoms with E-state index in [-0.39, 0.29) is 18.3 Å². The van der Waals surface area contributed by atoms with Gasteiger partial charge >= 0.3 is 0 Å². The van der Waals surface area contributed by atoms with Crippen LogP contribution >= 0.6 is 11.6 Å². The number of halogens is 2. The molecule has 6 rings (SSSR count). The highest BCUT2D eigenvalue weighted by Gasteiger charge is 2.31. The van der Waals surface area contributed by atoms with Crippen molar-refractivity contribution in [3.63, 3.8) is 0 Å². The minimum Gasteiger partial charge on any atom is -0.493 e. The average molecular weight is 438 g/mol. The Morgan fingerprint density at radius 2 is 2.03 bits per heavy atom. The molecular formula is C22H17ClFN5O2. The number of pyridine rings is 2. The first kappa shape index (κ1) is 18.4. The maximum Gasteiger partial charge on any atom is 0.170 e. The van der Waals surface area contributed by atoms with Crippen molar-refractivity contribution in [1.82, 2.24) is 19.6 Å². The quantitative estimate of drug-likeness (QED) is 0.476. The second kappa shape index (κ2) is 6.81. The lowest BCUT2D eigenvalue weighted by molar-refractivity contribution is 0.249. The van der Waals surface area contributed by atoms with E-state index in [9.17, 15) is 4.39 Å². The van der Waals surface area contributed by atoms with Gasteiger partial charge in [0.05, 0.1) is 29.8 Å². The van der Waals surface area contributed by atoms with Crippen LogP contribution in [0.2, 0.25) is 5.02 Å². The molecule has 0 fully saturated rings. The molecule has 0 bridgehead atoms. The van der Waals surface area contributed by atoms with Crippen molar-refractivity contribution in [2.45, 2.75) is 19.4 Å². The van der Waals surface area contributed by atoms with E-state index >= 15 is 0 Å². The molecule has 1 atom stereocenters. The van der Waals surface area contributed by atoms with Crippen molar-refractivity contribution in [1.29, 1.82) is 0 Å². The summed E-state index contributed by atoms with van der Waals surface area (Å²) in [4.78, 5) is 4.37. The van der Waals surface area contributed by atoms with Crippen LogP contribution in [0.4, 0.5) is 10.2 Å². The molecule has 1 N–H and O–H groups in total. The van der Waals surface area contributed by atoms with E-state index in [1.54, 1.807) is 18.6 Å².